The molecule has 16 rings (SSSR count). The number of hydrogen-bond acceptors (Lipinski definition) is 6. The number of benzene rings is 10. The van der Waals surface area contributed by atoms with Crippen molar-refractivity contribution in [1.82, 2.24) is 43.1 Å². The van der Waals surface area contributed by atoms with Crippen LogP contribution in [0.2, 0.25) is 0 Å². The Morgan fingerprint density at radius 1 is 0.267 bits per heavy atom. The predicted molar refractivity (Wildman–Crippen MR) is 383 cm³/mol. The van der Waals surface area contributed by atoms with Gasteiger partial charge in [0.25, 0.3) is 0 Å². The molecule has 0 aliphatic carbocycles. The second-order valence-electron chi connectivity index (χ2n) is 26.8. The van der Waals surface area contributed by atoms with Crippen LogP contribution in [-0.4, -0.2) is 43.1 Å². The molecule has 0 aliphatic heterocycles. The molecule has 0 unspecified atom stereocenters. The Hall–Kier alpha value is -8.94. The zero-order chi connectivity index (χ0) is 61.9. The lowest BCUT2D eigenvalue weighted by Gasteiger charge is -2.21. The highest BCUT2D eigenvalue weighted by Gasteiger charge is 2.29. The molecular weight excluding hydrogens is 1300 g/mol. The summed E-state index contributed by atoms with van der Waals surface area (Å²) in [5.41, 5.74) is 23.5. The van der Waals surface area contributed by atoms with Crippen LogP contribution in [0.1, 0.15) is 79.8 Å². The lowest BCUT2D eigenvalue weighted by atomic mass is 9.86. The van der Waals surface area contributed by atoms with E-state index in [0.717, 1.165) is 180 Å². The molecule has 0 aliphatic rings. The molecule has 0 bridgehead atoms. The van der Waals surface area contributed by atoms with Gasteiger partial charge in [-0.3, -0.25) is 13.2 Å². The Balaban J connectivity index is 0.900. The SMILES string of the molecule is CC(C)(C)c1nc2c(Br)cccc2c2nc3cc(-c4ccccc4-c4cc(-c5ccccc5-c5ccc6c(c5)nc5c7cccc(Br)c7nc(C(C)(C)C)n65)cc(-c5ccccc5-c5ccc6c(c5)nc5c7cccc(Br)c7nc(C(C)(C)C)n65)c4)ccc3n12. The number of halogens is 3. The van der Waals surface area contributed by atoms with Crippen molar-refractivity contribution in [2.24, 2.45) is 0 Å². The monoisotopic (exact) mass is 1360 g/mol. The molecule has 12 heteroatoms. The van der Waals surface area contributed by atoms with Crippen molar-refractivity contribution in [1.29, 1.82) is 0 Å². The Morgan fingerprint density at radius 3 is 0.778 bits per heavy atom. The molecule has 0 radical (unpaired) electrons. The summed E-state index contributed by atoms with van der Waals surface area (Å²) in [4.78, 5) is 32.2. The second-order valence-corrected chi connectivity index (χ2v) is 29.4. The van der Waals surface area contributed by atoms with Gasteiger partial charge in [0, 0.05) is 45.8 Å². The predicted octanol–water partition coefficient (Wildman–Crippen LogP) is 21.9. The smallest absolute Gasteiger partial charge is 0.148 e. The van der Waals surface area contributed by atoms with E-state index >= 15 is 0 Å². The molecule has 90 heavy (non-hydrogen) atoms. The quantitative estimate of drug-likeness (QED) is 0.165. The summed E-state index contributed by atoms with van der Waals surface area (Å²) < 4.78 is 9.62. The van der Waals surface area contributed by atoms with E-state index in [1.165, 1.54) is 0 Å². The summed E-state index contributed by atoms with van der Waals surface area (Å²) in [5, 5.41) is 3.00. The lowest BCUT2D eigenvalue weighted by molar-refractivity contribution is 0.542. The van der Waals surface area contributed by atoms with Crippen LogP contribution in [0.5, 0.6) is 0 Å². The van der Waals surface area contributed by atoms with Gasteiger partial charge in [0.1, 0.15) is 34.4 Å². The molecule has 0 N–H and O–H groups in total. The van der Waals surface area contributed by atoms with Crippen LogP contribution < -0.4 is 0 Å². The first-order chi connectivity index (χ1) is 43.2. The number of hydrogen-bond donors (Lipinski definition) is 0. The maximum atomic E-state index is 5.44. The highest BCUT2D eigenvalue weighted by Crippen LogP contribution is 2.45. The number of nitrogens with zero attached hydrogens (tertiary/aromatic N) is 9. The van der Waals surface area contributed by atoms with Crippen LogP contribution in [0.4, 0.5) is 0 Å². The number of rotatable bonds is 6. The van der Waals surface area contributed by atoms with Crippen LogP contribution >= 0.6 is 47.8 Å². The van der Waals surface area contributed by atoms with Gasteiger partial charge in [-0.2, -0.15) is 0 Å². The largest absolute Gasteiger partial charge is 0.279 e. The average molecular weight is 1360 g/mol. The van der Waals surface area contributed by atoms with Gasteiger partial charge in [0.2, 0.25) is 0 Å². The van der Waals surface area contributed by atoms with Gasteiger partial charge in [0.05, 0.1) is 49.7 Å². The average Bonchev–Trinajstić information content (AvgIpc) is 2.08. The molecule has 0 amide bonds. The minimum absolute atomic E-state index is 0.260. The standard InChI is InChI=1S/C78H60Br3N9/c1-76(2,3)73-85-67-55(25-16-28-58(67)79)70-82-61-40-43(31-34-64(61)88(70)73)49-19-10-13-22-52(49)46-37-47(53-23-14-11-20-50(53)44-32-35-65-62(41-44)83-71-56-26-17-29-59(80)68(56)86-74(89(65)71)77(4,5)6)39-48(38-46)54-24-15-12-21-51(54)45-33-36-66-63(42-45)84-72-57-27-18-30-60(81)69(57)87-75(90(66)72)78(7,8)9/h10-42H,1-9H3. The molecule has 0 spiro atoms. The molecule has 6 aromatic heterocycles. The third-order valence-electron chi connectivity index (χ3n) is 17.5. The van der Waals surface area contributed by atoms with Crippen molar-refractivity contribution < 1.29 is 0 Å². The van der Waals surface area contributed by atoms with E-state index in [9.17, 15) is 0 Å². The van der Waals surface area contributed by atoms with Gasteiger partial charge in [0.15, 0.2) is 0 Å². The topological polar surface area (TPSA) is 90.6 Å². The van der Waals surface area contributed by atoms with Crippen molar-refractivity contribution in [2.45, 2.75) is 78.6 Å². The fourth-order valence-electron chi connectivity index (χ4n) is 13.4. The van der Waals surface area contributed by atoms with Crippen LogP contribution in [-0.2, 0) is 16.2 Å². The highest BCUT2D eigenvalue weighted by molar-refractivity contribution is 9.11. The molecule has 0 saturated carbocycles. The van der Waals surface area contributed by atoms with Crippen LogP contribution in [0.15, 0.2) is 214 Å². The van der Waals surface area contributed by atoms with E-state index in [-0.39, 0.29) is 16.2 Å². The molecule has 6 heterocycles. The summed E-state index contributed by atoms with van der Waals surface area (Å²) in [6.07, 6.45) is 0. The number of fused-ring (bicyclic) bond motifs is 15. The van der Waals surface area contributed by atoms with E-state index in [4.69, 9.17) is 29.9 Å². The van der Waals surface area contributed by atoms with Crippen molar-refractivity contribution in [3.05, 3.63) is 231 Å². The van der Waals surface area contributed by atoms with Gasteiger partial charge >= 0.3 is 0 Å². The first-order valence-corrected chi connectivity index (χ1v) is 32.8. The summed E-state index contributed by atoms with van der Waals surface area (Å²) >= 11 is 11.5. The Morgan fingerprint density at radius 2 is 0.522 bits per heavy atom. The van der Waals surface area contributed by atoms with E-state index in [1.54, 1.807) is 0 Å². The van der Waals surface area contributed by atoms with E-state index in [2.05, 4.69) is 323 Å². The van der Waals surface area contributed by atoms with Gasteiger partial charge in [-0.15, -0.1) is 0 Å². The Labute approximate surface area is 546 Å². The fourth-order valence-corrected chi connectivity index (χ4v) is 14.8. The lowest BCUT2D eigenvalue weighted by Crippen LogP contribution is -2.19. The molecular formula is C78H60Br3N9. The number of para-hydroxylation sites is 3. The van der Waals surface area contributed by atoms with Crippen LogP contribution in [0, 0.1) is 0 Å². The molecule has 0 fully saturated rings. The van der Waals surface area contributed by atoms with E-state index < -0.39 is 0 Å². The first-order valence-electron chi connectivity index (χ1n) is 30.4. The third-order valence-corrected chi connectivity index (χ3v) is 19.4. The Bertz CT molecular complexity index is 5160. The summed E-state index contributed by atoms with van der Waals surface area (Å²) in [6.45, 7) is 20.0. The molecule has 10 aromatic carbocycles. The zero-order valence-corrected chi connectivity index (χ0v) is 56.0. The number of aromatic nitrogens is 9. The second kappa shape index (κ2) is 20.5. The summed E-state index contributed by atoms with van der Waals surface area (Å²) in [5.74, 6) is 2.87. The van der Waals surface area contributed by atoms with Crippen molar-refractivity contribution in [3.63, 3.8) is 0 Å². The third kappa shape index (κ3) is 9.02. The van der Waals surface area contributed by atoms with Gasteiger partial charge < -0.3 is 0 Å². The molecule has 0 atom stereocenters. The summed E-state index contributed by atoms with van der Waals surface area (Å²) in [6, 6.07) is 72.4. The molecule has 0 saturated heterocycles. The highest BCUT2D eigenvalue weighted by atomic mass is 79.9. The maximum absolute atomic E-state index is 5.44. The fraction of sp³-hybridized carbons (Fsp3) is 0.154. The van der Waals surface area contributed by atoms with Crippen LogP contribution in [0.3, 0.4) is 0 Å². The number of imidazole rings is 3. The van der Waals surface area contributed by atoms with Crippen LogP contribution in [0.25, 0.3) is 150 Å². The minimum atomic E-state index is -0.260. The van der Waals surface area contributed by atoms with E-state index in [0.29, 0.717) is 0 Å². The molecule has 16 aromatic rings. The maximum Gasteiger partial charge on any atom is 0.148 e. The first kappa shape index (κ1) is 56.3. The molecule has 9 nitrogen and oxygen atoms in total. The Kier molecular flexibility index (Phi) is 12.9. The summed E-state index contributed by atoms with van der Waals surface area (Å²) in [7, 11) is 0. The van der Waals surface area contributed by atoms with Crippen molar-refractivity contribution >= 4 is 131 Å². The zero-order valence-electron chi connectivity index (χ0n) is 51.2. The van der Waals surface area contributed by atoms with Gasteiger partial charge in [-0.05, 0) is 206 Å². The molecule has 438 valence electrons. The minimum Gasteiger partial charge on any atom is -0.279 e. The van der Waals surface area contributed by atoms with Gasteiger partial charge in [-0.25, -0.2) is 29.9 Å². The van der Waals surface area contributed by atoms with Crippen molar-refractivity contribution in [3.8, 4) is 66.8 Å². The normalized spacial score (nSPS) is 12.7. The van der Waals surface area contributed by atoms with E-state index in [1.807, 2.05) is 0 Å². The van der Waals surface area contributed by atoms with Crippen molar-refractivity contribution in [2.75, 3.05) is 0 Å². The van der Waals surface area contributed by atoms with Gasteiger partial charge in [-0.1, -0.05) is 172 Å².